The van der Waals surface area contributed by atoms with Gasteiger partial charge in [-0.3, -0.25) is 9.67 Å². The second-order valence-corrected chi connectivity index (χ2v) is 5.26. The summed E-state index contributed by atoms with van der Waals surface area (Å²) in [7, 11) is 5.59. The van der Waals surface area contributed by atoms with Gasteiger partial charge in [0.1, 0.15) is 11.8 Å². The monoisotopic (exact) mass is 290 g/mol. The number of rotatable bonds is 6. The van der Waals surface area contributed by atoms with Crippen LogP contribution in [0.3, 0.4) is 0 Å². The first-order chi connectivity index (χ1) is 10.0. The first-order valence-electron chi connectivity index (χ1n) is 6.87. The van der Waals surface area contributed by atoms with Crippen molar-refractivity contribution in [3.8, 4) is 5.75 Å². The smallest absolute Gasteiger partial charge is 0.163 e. The summed E-state index contributed by atoms with van der Waals surface area (Å²) in [5, 5.41) is 15.0. The van der Waals surface area contributed by atoms with Crippen molar-refractivity contribution in [1.29, 1.82) is 0 Å². The van der Waals surface area contributed by atoms with Crippen LogP contribution in [0.4, 0.5) is 0 Å². The summed E-state index contributed by atoms with van der Waals surface area (Å²) in [6.45, 7) is 3.46. The SMILES string of the molecule is COc1cnn(CCN(C)C)c1C(O)c1cnccc1C. The van der Waals surface area contributed by atoms with E-state index < -0.39 is 6.10 Å². The number of likely N-dealkylation sites (N-methyl/N-ethyl adjacent to an activating group) is 1. The predicted octanol–water partition coefficient (Wildman–Crippen LogP) is 1.24. The van der Waals surface area contributed by atoms with E-state index >= 15 is 0 Å². The first kappa shape index (κ1) is 15.5. The Kier molecular flexibility index (Phi) is 4.93. The predicted molar refractivity (Wildman–Crippen MR) is 80.4 cm³/mol. The van der Waals surface area contributed by atoms with E-state index in [0.717, 1.165) is 17.7 Å². The Balaban J connectivity index is 2.36. The lowest BCUT2D eigenvalue weighted by atomic mass is 10.0. The molecule has 0 spiro atoms. The molecule has 0 saturated carbocycles. The molecular weight excluding hydrogens is 268 g/mol. The molecule has 1 atom stereocenters. The van der Waals surface area contributed by atoms with Gasteiger partial charge in [0, 0.05) is 24.5 Å². The largest absolute Gasteiger partial charge is 0.493 e. The number of methoxy groups -OCH3 is 1. The zero-order valence-corrected chi connectivity index (χ0v) is 12.9. The third-order valence-electron chi connectivity index (χ3n) is 3.46. The van der Waals surface area contributed by atoms with Gasteiger partial charge in [0.05, 0.1) is 19.9 Å². The van der Waals surface area contributed by atoms with Gasteiger partial charge in [-0.1, -0.05) is 0 Å². The maximum Gasteiger partial charge on any atom is 0.163 e. The molecule has 0 radical (unpaired) electrons. The summed E-state index contributed by atoms with van der Waals surface area (Å²) in [5.41, 5.74) is 2.41. The van der Waals surface area contributed by atoms with Crippen molar-refractivity contribution in [2.45, 2.75) is 19.6 Å². The summed E-state index contributed by atoms with van der Waals surface area (Å²) in [6.07, 6.45) is 4.23. The van der Waals surface area contributed by atoms with E-state index in [-0.39, 0.29) is 0 Å². The highest BCUT2D eigenvalue weighted by Crippen LogP contribution is 2.30. The van der Waals surface area contributed by atoms with Crippen molar-refractivity contribution >= 4 is 0 Å². The number of nitrogens with zero attached hydrogens (tertiary/aromatic N) is 4. The number of aliphatic hydroxyl groups excluding tert-OH is 1. The fourth-order valence-electron chi connectivity index (χ4n) is 2.19. The number of aliphatic hydroxyl groups is 1. The molecule has 0 aliphatic carbocycles. The molecule has 2 aromatic heterocycles. The van der Waals surface area contributed by atoms with E-state index in [1.165, 1.54) is 0 Å². The van der Waals surface area contributed by atoms with Crippen LogP contribution in [0.2, 0.25) is 0 Å². The number of aryl methyl sites for hydroxylation is 1. The Morgan fingerprint density at radius 3 is 2.76 bits per heavy atom. The van der Waals surface area contributed by atoms with Crippen LogP contribution in [-0.2, 0) is 6.54 Å². The lowest BCUT2D eigenvalue weighted by Gasteiger charge is -2.18. The zero-order chi connectivity index (χ0) is 15.4. The molecule has 0 aliphatic rings. The Morgan fingerprint density at radius 1 is 1.38 bits per heavy atom. The molecule has 114 valence electrons. The van der Waals surface area contributed by atoms with Crippen LogP contribution < -0.4 is 4.74 Å². The molecule has 6 nitrogen and oxygen atoms in total. The van der Waals surface area contributed by atoms with Crippen molar-refractivity contribution in [1.82, 2.24) is 19.7 Å². The highest BCUT2D eigenvalue weighted by atomic mass is 16.5. The van der Waals surface area contributed by atoms with E-state index in [2.05, 4.69) is 15.0 Å². The van der Waals surface area contributed by atoms with E-state index in [1.807, 2.05) is 27.1 Å². The van der Waals surface area contributed by atoms with Crippen molar-refractivity contribution in [2.75, 3.05) is 27.7 Å². The zero-order valence-electron chi connectivity index (χ0n) is 12.9. The summed E-state index contributed by atoms with van der Waals surface area (Å²) in [5.74, 6) is 0.588. The fraction of sp³-hybridized carbons (Fsp3) is 0.467. The molecule has 0 fully saturated rings. The molecule has 0 amide bonds. The van der Waals surface area contributed by atoms with Gasteiger partial charge in [0.25, 0.3) is 0 Å². The number of ether oxygens (including phenoxy) is 1. The van der Waals surface area contributed by atoms with Gasteiger partial charge in [0.2, 0.25) is 0 Å². The van der Waals surface area contributed by atoms with Crippen LogP contribution in [0.15, 0.2) is 24.7 Å². The second kappa shape index (κ2) is 6.69. The van der Waals surface area contributed by atoms with Gasteiger partial charge in [-0.25, -0.2) is 0 Å². The maximum atomic E-state index is 10.7. The van der Waals surface area contributed by atoms with Crippen molar-refractivity contribution in [3.63, 3.8) is 0 Å². The highest BCUT2D eigenvalue weighted by Gasteiger charge is 2.23. The highest BCUT2D eigenvalue weighted by molar-refractivity contribution is 5.36. The topological polar surface area (TPSA) is 63.4 Å². The van der Waals surface area contributed by atoms with E-state index in [1.54, 1.807) is 30.4 Å². The van der Waals surface area contributed by atoms with E-state index in [9.17, 15) is 5.11 Å². The molecule has 2 aromatic rings. The van der Waals surface area contributed by atoms with Crippen LogP contribution in [0, 0.1) is 6.92 Å². The molecule has 0 bridgehead atoms. The van der Waals surface area contributed by atoms with Crippen LogP contribution >= 0.6 is 0 Å². The Morgan fingerprint density at radius 2 is 2.14 bits per heavy atom. The molecule has 1 N–H and O–H groups in total. The van der Waals surface area contributed by atoms with Crippen molar-refractivity contribution in [2.24, 2.45) is 0 Å². The molecule has 0 aromatic carbocycles. The fourth-order valence-corrected chi connectivity index (χ4v) is 2.19. The molecule has 1 unspecified atom stereocenters. The Hall–Kier alpha value is -1.92. The van der Waals surface area contributed by atoms with Crippen LogP contribution in [0.1, 0.15) is 22.9 Å². The molecule has 2 rings (SSSR count). The minimum Gasteiger partial charge on any atom is -0.493 e. The Labute approximate surface area is 125 Å². The normalized spacial score (nSPS) is 12.7. The number of hydrogen-bond donors (Lipinski definition) is 1. The van der Waals surface area contributed by atoms with Gasteiger partial charge in [-0.05, 0) is 32.6 Å². The average Bonchev–Trinajstić information content (AvgIpc) is 2.87. The van der Waals surface area contributed by atoms with E-state index in [4.69, 9.17) is 4.74 Å². The Bertz CT molecular complexity index is 595. The lowest BCUT2D eigenvalue weighted by Crippen LogP contribution is -2.21. The summed E-state index contributed by atoms with van der Waals surface area (Å²) in [4.78, 5) is 6.17. The molecule has 0 aliphatic heterocycles. The summed E-state index contributed by atoms with van der Waals surface area (Å²) in [6, 6.07) is 1.88. The number of pyridine rings is 1. The van der Waals surface area contributed by atoms with Gasteiger partial charge in [-0.15, -0.1) is 0 Å². The van der Waals surface area contributed by atoms with Gasteiger partial charge < -0.3 is 14.7 Å². The third-order valence-corrected chi connectivity index (χ3v) is 3.46. The quantitative estimate of drug-likeness (QED) is 0.867. The first-order valence-corrected chi connectivity index (χ1v) is 6.87. The average molecular weight is 290 g/mol. The van der Waals surface area contributed by atoms with Crippen molar-refractivity contribution < 1.29 is 9.84 Å². The van der Waals surface area contributed by atoms with Gasteiger partial charge >= 0.3 is 0 Å². The lowest BCUT2D eigenvalue weighted by molar-refractivity contribution is 0.199. The minimum atomic E-state index is -0.807. The van der Waals surface area contributed by atoms with Crippen LogP contribution in [0.5, 0.6) is 5.75 Å². The summed E-state index contributed by atoms with van der Waals surface area (Å²) >= 11 is 0. The van der Waals surface area contributed by atoms with Crippen molar-refractivity contribution in [3.05, 3.63) is 41.5 Å². The van der Waals surface area contributed by atoms with Crippen LogP contribution in [0.25, 0.3) is 0 Å². The van der Waals surface area contributed by atoms with E-state index in [0.29, 0.717) is 18.0 Å². The van der Waals surface area contributed by atoms with Gasteiger partial charge in [-0.2, -0.15) is 5.10 Å². The van der Waals surface area contributed by atoms with Gasteiger partial charge in [0.15, 0.2) is 5.75 Å². The third kappa shape index (κ3) is 3.40. The second-order valence-electron chi connectivity index (χ2n) is 5.26. The molecule has 6 heteroatoms. The number of hydrogen-bond acceptors (Lipinski definition) is 5. The number of aromatic nitrogens is 3. The maximum absolute atomic E-state index is 10.7. The summed E-state index contributed by atoms with van der Waals surface area (Å²) < 4.78 is 7.13. The minimum absolute atomic E-state index is 0.588. The molecule has 0 saturated heterocycles. The standard InChI is InChI=1S/C15H22N4O2/c1-11-5-6-16-9-12(11)15(20)14-13(21-4)10-17-19(14)8-7-18(2)3/h5-6,9-10,15,20H,7-8H2,1-4H3. The van der Waals surface area contributed by atoms with Crippen LogP contribution in [-0.4, -0.2) is 52.5 Å². The molecule has 21 heavy (non-hydrogen) atoms. The molecule has 2 heterocycles. The molecular formula is C15H22N4O2.